The minimum Gasteiger partial charge on any atom is -0.462 e. The Balaban J connectivity index is 2.47. The lowest BCUT2D eigenvalue weighted by atomic mass is 10.2. The fourth-order valence-electron chi connectivity index (χ4n) is 1.10. The molecule has 0 aliphatic heterocycles. The quantitative estimate of drug-likeness (QED) is 0.360. The van der Waals surface area contributed by atoms with Gasteiger partial charge in [-0.3, -0.25) is 0 Å². The van der Waals surface area contributed by atoms with Crippen LogP contribution in [0.5, 0.6) is 0 Å². The molecule has 0 saturated carbocycles. The number of unbranched alkanes of at least 4 members (excludes halogenated alkanes) is 1. The first kappa shape index (κ1) is 12.2. The second-order valence-corrected chi connectivity index (χ2v) is 4.21. The molecule has 0 heterocycles. The lowest BCUT2D eigenvalue weighted by Gasteiger charge is -2.05. The van der Waals surface area contributed by atoms with Gasteiger partial charge in [0.05, 0.1) is 12.2 Å². The van der Waals surface area contributed by atoms with Crippen molar-refractivity contribution in [3.63, 3.8) is 0 Å². The Hall–Kier alpha value is -0.840. The van der Waals surface area contributed by atoms with E-state index in [4.69, 9.17) is 4.74 Å². The van der Waals surface area contributed by atoms with Crippen LogP contribution in [-0.2, 0) is 4.74 Å². The summed E-state index contributed by atoms with van der Waals surface area (Å²) in [5, 5.41) is 0. The van der Waals surface area contributed by atoms with Crippen LogP contribution in [0.1, 0.15) is 23.2 Å². The fraction of sp³-hybridized carbons (Fsp3) is 0.250. The van der Waals surface area contributed by atoms with E-state index in [1.54, 1.807) is 6.07 Å². The van der Waals surface area contributed by atoms with Crippen LogP contribution in [0.4, 0.5) is 0 Å². The highest BCUT2D eigenvalue weighted by atomic mass is 127. The predicted octanol–water partition coefficient (Wildman–Crippen LogP) is 3.41. The molecular formula is C12H13IO2. The number of ether oxygens (including phenoxy) is 1. The minimum atomic E-state index is -0.246. The molecule has 0 spiro atoms. The van der Waals surface area contributed by atoms with Crippen LogP contribution >= 0.6 is 22.6 Å². The van der Waals surface area contributed by atoms with Crippen molar-refractivity contribution in [1.82, 2.24) is 0 Å². The molecule has 0 saturated heterocycles. The summed E-state index contributed by atoms with van der Waals surface area (Å²) < 4.78 is 6.04. The summed E-state index contributed by atoms with van der Waals surface area (Å²) in [5.74, 6) is -0.246. The van der Waals surface area contributed by atoms with Gasteiger partial charge in [-0.25, -0.2) is 4.79 Å². The van der Waals surface area contributed by atoms with Crippen molar-refractivity contribution in [2.24, 2.45) is 0 Å². The third-order valence-corrected chi connectivity index (χ3v) is 2.82. The molecule has 0 N–H and O–H groups in total. The summed E-state index contributed by atoms with van der Waals surface area (Å²) in [7, 11) is 0. The second kappa shape index (κ2) is 6.61. The molecule has 0 amide bonds. The van der Waals surface area contributed by atoms with Gasteiger partial charge >= 0.3 is 5.97 Å². The largest absolute Gasteiger partial charge is 0.462 e. The summed E-state index contributed by atoms with van der Waals surface area (Å²) >= 11 is 2.13. The van der Waals surface area contributed by atoms with Crippen molar-refractivity contribution in [1.29, 1.82) is 0 Å². The average molecular weight is 316 g/mol. The number of benzene rings is 1. The first-order valence-corrected chi connectivity index (χ1v) is 5.86. The maximum atomic E-state index is 11.6. The van der Waals surface area contributed by atoms with E-state index in [1.165, 1.54) is 0 Å². The number of esters is 1. The Morgan fingerprint density at radius 3 is 2.87 bits per heavy atom. The van der Waals surface area contributed by atoms with Gasteiger partial charge in [-0.15, -0.1) is 6.58 Å². The zero-order chi connectivity index (χ0) is 11.1. The zero-order valence-electron chi connectivity index (χ0n) is 8.41. The van der Waals surface area contributed by atoms with Gasteiger partial charge in [-0.1, -0.05) is 18.2 Å². The maximum absolute atomic E-state index is 11.6. The summed E-state index contributed by atoms with van der Waals surface area (Å²) in [6, 6.07) is 7.40. The lowest BCUT2D eigenvalue weighted by molar-refractivity contribution is 0.0500. The molecule has 1 rings (SSSR count). The number of hydrogen-bond acceptors (Lipinski definition) is 2. The molecule has 0 radical (unpaired) electrons. The molecule has 0 bridgehead atoms. The van der Waals surface area contributed by atoms with E-state index in [1.807, 2.05) is 24.3 Å². The Labute approximate surface area is 103 Å². The van der Waals surface area contributed by atoms with Crippen molar-refractivity contribution in [3.8, 4) is 0 Å². The maximum Gasteiger partial charge on any atom is 0.339 e. The van der Waals surface area contributed by atoms with Gasteiger partial charge in [0.1, 0.15) is 0 Å². The van der Waals surface area contributed by atoms with E-state index < -0.39 is 0 Å². The first-order valence-electron chi connectivity index (χ1n) is 4.78. The van der Waals surface area contributed by atoms with Crippen molar-refractivity contribution < 1.29 is 9.53 Å². The van der Waals surface area contributed by atoms with Crippen LogP contribution in [0, 0.1) is 3.57 Å². The smallest absolute Gasteiger partial charge is 0.339 e. The van der Waals surface area contributed by atoms with Crippen molar-refractivity contribution in [2.45, 2.75) is 12.8 Å². The van der Waals surface area contributed by atoms with Gasteiger partial charge in [0.2, 0.25) is 0 Å². The van der Waals surface area contributed by atoms with Gasteiger partial charge in [-0.05, 0) is 47.6 Å². The van der Waals surface area contributed by atoms with Gasteiger partial charge < -0.3 is 4.74 Å². The SMILES string of the molecule is C=CCCCOC(=O)c1ccccc1I. The Bertz CT molecular complexity index is 347. The summed E-state index contributed by atoms with van der Waals surface area (Å²) in [6.07, 6.45) is 3.53. The highest BCUT2D eigenvalue weighted by molar-refractivity contribution is 14.1. The Morgan fingerprint density at radius 1 is 1.47 bits per heavy atom. The molecule has 3 heteroatoms. The number of hydrogen-bond donors (Lipinski definition) is 0. The van der Waals surface area contributed by atoms with Gasteiger partial charge in [0.15, 0.2) is 0 Å². The molecule has 0 aliphatic rings. The van der Waals surface area contributed by atoms with Gasteiger partial charge in [0.25, 0.3) is 0 Å². The van der Waals surface area contributed by atoms with E-state index in [0.717, 1.165) is 16.4 Å². The highest BCUT2D eigenvalue weighted by Gasteiger charge is 2.09. The Morgan fingerprint density at radius 2 is 2.20 bits per heavy atom. The summed E-state index contributed by atoms with van der Waals surface area (Å²) in [4.78, 5) is 11.6. The molecule has 0 aromatic heterocycles. The van der Waals surface area contributed by atoms with Crippen LogP contribution < -0.4 is 0 Å². The molecule has 15 heavy (non-hydrogen) atoms. The van der Waals surface area contributed by atoms with Crippen molar-refractivity contribution in [3.05, 3.63) is 46.1 Å². The Kier molecular flexibility index (Phi) is 5.39. The molecule has 1 aromatic rings. The zero-order valence-corrected chi connectivity index (χ0v) is 10.6. The summed E-state index contributed by atoms with van der Waals surface area (Å²) in [5.41, 5.74) is 0.636. The molecular weight excluding hydrogens is 303 g/mol. The standard InChI is InChI=1S/C12H13IO2/c1-2-3-6-9-15-12(14)10-7-4-5-8-11(10)13/h2,4-5,7-8H,1,3,6,9H2. The number of rotatable bonds is 5. The third-order valence-electron chi connectivity index (χ3n) is 1.88. The van der Waals surface area contributed by atoms with Crippen LogP contribution in [0.15, 0.2) is 36.9 Å². The minimum absolute atomic E-state index is 0.246. The average Bonchev–Trinajstić information content (AvgIpc) is 2.25. The molecule has 2 nitrogen and oxygen atoms in total. The van der Waals surface area contributed by atoms with Gasteiger partial charge in [0, 0.05) is 3.57 Å². The van der Waals surface area contributed by atoms with Crippen molar-refractivity contribution in [2.75, 3.05) is 6.61 Å². The first-order chi connectivity index (χ1) is 7.25. The number of carbonyl (C=O) groups excluding carboxylic acids is 1. The van der Waals surface area contributed by atoms with Crippen LogP contribution in [-0.4, -0.2) is 12.6 Å². The monoisotopic (exact) mass is 316 g/mol. The van der Waals surface area contributed by atoms with Crippen LogP contribution in [0.3, 0.4) is 0 Å². The lowest BCUT2D eigenvalue weighted by Crippen LogP contribution is -2.07. The van der Waals surface area contributed by atoms with Crippen LogP contribution in [0.25, 0.3) is 0 Å². The summed E-state index contributed by atoms with van der Waals surface area (Å²) in [6.45, 7) is 4.06. The number of halogens is 1. The number of allylic oxidation sites excluding steroid dienone is 1. The third kappa shape index (κ3) is 4.03. The van der Waals surface area contributed by atoms with Crippen molar-refractivity contribution >= 4 is 28.6 Å². The molecule has 0 aliphatic carbocycles. The molecule has 80 valence electrons. The second-order valence-electron chi connectivity index (χ2n) is 3.05. The fourth-order valence-corrected chi connectivity index (χ4v) is 1.70. The van der Waals surface area contributed by atoms with Crippen LogP contribution in [0.2, 0.25) is 0 Å². The van der Waals surface area contributed by atoms with E-state index >= 15 is 0 Å². The van der Waals surface area contributed by atoms with Gasteiger partial charge in [-0.2, -0.15) is 0 Å². The normalized spacial score (nSPS) is 9.67. The van der Waals surface area contributed by atoms with E-state index in [-0.39, 0.29) is 5.97 Å². The number of carbonyl (C=O) groups is 1. The van der Waals surface area contributed by atoms with E-state index in [2.05, 4.69) is 29.2 Å². The van der Waals surface area contributed by atoms with E-state index in [9.17, 15) is 4.79 Å². The molecule has 0 unspecified atom stereocenters. The molecule has 1 aromatic carbocycles. The predicted molar refractivity (Wildman–Crippen MR) is 68.9 cm³/mol. The highest BCUT2D eigenvalue weighted by Crippen LogP contribution is 2.12. The molecule has 0 fully saturated rings. The molecule has 0 atom stereocenters. The topological polar surface area (TPSA) is 26.3 Å². The van der Waals surface area contributed by atoms with E-state index in [0.29, 0.717) is 12.2 Å².